The minimum absolute atomic E-state index is 0.0623. The fourth-order valence-corrected chi connectivity index (χ4v) is 7.31. The number of carbonyl (C=O) groups excluding carboxylic acids is 3. The molecule has 5 aromatic rings. The summed E-state index contributed by atoms with van der Waals surface area (Å²) < 4.78 is 16.3. The molecule has 0 bridgehead atoms. The second kappa shape index (κ2) is 20.3. The molecule has 0 fully saturated rings. The molecule has 10 heteroatoms. The van der Waals surface area contributed by atoms with Crippen LogP contribution in [-0.2, 0) is 45.2 Å². The van der Waals surface area contributed by atoms with Crippen molar-refractivity contribution in [3.05, 3.63) is 149 Å². The van der Waals surface area contributed by atoms with Crippen LogP contribution in [0.25, 0.3) is 11.1 Å². The van der Waals surface area contributed by atoms with Crippen molar-refractivity contribution in [3.63, 3.8) is 0 Å². The van der Waals surface area contributed by atoms with Gasteiger partial charge in [-0.15, -0.1) is 0 Å². The van der Waals surface area contributed by atoms with Gasteiger partial charge in [-0.05, 0) is 76.9 Å². The summed E-state index contributed by atoms with van der Waals surface area (Å²) in [7, 11) is 4.73. The summed E-state index contributed by atoms with van der Waals surface area (Å²) in [5.74, 6) is 0.0715. The third kappa shape index (κ3) is 10.8. The van der Waals surface area contributed by atoms with Gasteiger partial charge < -0.3 is 24.8 Å². The van der Waals surface area contributed by atoms with Crippen LogP contribution in [0.3, 0.4) is 0 Å². The summed E-state index contributed by atoms with van der Waals surface area (Å²) in [6.45, 7) is 2.21. The number of fused-ring (bicyclic) bond motifs is 1. The lowest BCUT2D eigenvalue weighted by Crippen LogP contribution is -2.46. The number of hydrogen-bond acceptors (Lipinski definition) is 7. The highest BCUT2D eigenvalue weighted by Gasteiger charge is 2.32. The first-order valence-corrected chi connectivity index (χ1v) is 19.9. The third-order valence-electron chi connectivity index (χ3n) is 10.6. The maximum absolute atomic E-state index is 14.4. The van der Waals surface area contributed by atoms with E-state index in [1.807, 2.05) is 104 Å². The monoisotopic (exact) mass is 783 g/mol. The number of rotatable bonds is 19. The Bertz CT molecular complexity index is 2100. The van der Waals surface area contributed by atoms with Crippen molar-refractivity contribution in [3.8, 4) is 28.4 Å². The first-order chi connectivity index (χ1) is 28.3. The lowest BCUT2D eigenvalue weighted by molar-refractivity contribution is -0.197. The zero-order chi connectivity index (χ0) is 40.9. The smallest absolute Gasteiger partial charge is 0.247 e. The SMILES string of the molecule is CCCC[C@H](CC(=O)N(Cc1ccc(OC)cc1OC)OCc1ccc(OC)cc1)C(=O)NC(C(=O)NC1Cc2ccccc2C1)c1ccc(-c2ccccc2)cc1. The molecule has 2 atom stereocenters. The van der Waals surface area contributed by atoms with Crippen LogP contribution in [-0.4, -0.2) is 50.2 Å². The molecule has 5 aromatic carbocycles. The van der Waals surface area contributed by atoms with Crippen LogP contribution in [0.4, 0.5) is 0 Å². The molecule has 3 amide bonds. The second-order valence-electron chi connectivity index (χ2n) is 14.6. The van der Waals surface area contributed by atoms with Crippen molar-refractivity contribution in [2.45, 2.75) is 70.7 Å². The van der Waals surface area contributed by atoms with Gasteiger partial charge >= 0.3 is 0 Å². The normalized spacial score (nSPS) is 13.2. The predicted molar refractivity (Wildman–Crippen MR) is 224 cm³/mol. The molecule has 2 N–H and O–H groups in total. The van der Waals surface area contributed by atoms with Crippen LogP contribution in [0, 0.1) is 5.92 Å². The van der Waals surface area contributed by atoms with E-state index >= 15 is 0 Å². The van der Waals surface area contributed by atoms with Crippen LogP contribution in [0.2, 0.25) is 0 Å². The largest absolute Gasteiger partial charge is 0.497 e. The predicted octanol–water partition coefficient (Wildman–Crippen LogP) is 8.18. The van der Waals surface area contributed by atoms with Gasteiger partial charge in [-0.3, -0.25) is 19.2 Å². The summed E-state index contributed by atoms with van der Waals surface area (Å²) in [5, 5.41) is 7.60. The maximum atomic E-state index is 14.4. The topological polar surface area (TPSA) is 115 Å². The van der Waals surface area contributed by atoms with E-state index < -0.39 is 12.0 Å². The Morgan fingerprint density at radius 1 is 0.724 bits per heavy atom. The highest BCUT2D eigenvalue weighted by Crippen LogP contribution is 2.29. The van der Waals surface area contributed by atoms with Gasteiger partial charge in [0.15, 0.2) is 0 Å². The number of nitrogens with one attached hydrogen (secondary N) is 2. The van der Waals surface area contributed by atoms with Crippen LogP contribution < -0.4 is 24.8 Å². The van der Waals surface area contributed by atoms with E-state index in [0.717, 1.165) is 23.1 Å². The van der Waals surface area contributed by atoms with Gasteiger partial charge in [0.2, 0.25) is 17.7 Å². The zero-order valence-corrected chi connectivity index (χ0v) is 33.7. The lowest BCUT2D eigenvalue weighted by atomic mass is 9.95. The van der Waals surface area contributed by atoms with E-state index in [9.17, 15) is 14.4 Å². The molecule has 1 aliphatic carbocycles. The summed E-state index contributed by atoms with van der Waals surface area (Å²) in [6.07, 6.45) is 3.29. The summed E-state index contributed by atoms with van der Waals surface area (Å²) in [6, 6.07) is 37.6. The number of ether oxygens (including phenoxy) is 3. The van der Waals surface area contributed by atoms with Crippen molar-refractivity contribution in [2.75, 3.05) is 21.3 Å². The molecule has 0 saturated carbocycles. The number of amides is 3. The summed E-state index contributed by atoms with van der Waals surface area (Å²) in [5.41, 5.74) is 6.65. The highest BCUT2D eigenvalue weighted by atomic mass is 16.7. The lowest BCUT2D eigenvalue weighted by Gasteiger charge is -2.27. The number of nitrogens with zero attached hydrogens (tertiary/aromatic N) is 1. The Kier molecular flexibility index (Phi) is 14.6. The summed E-state index contributed by atoms with van der Waals surface area (Å²) >= 11 is 0. The Morgan fingerprint density at radius 2 is 1.36 bits per heavy atom. The number of methoxy groups -OCH3 is 3. The third-order valence-corrected chi connectivity index (χ3v) is 10.6. The quantitative estimate of drug-likeness (QED) is 0.0813. The number of hydrogen-bond donors (Lipinski definition) is 2. The number of carbonyl (C=O) groups is 3. The van der Waals surface area contributed by atoms with Gasteiger partial charge in [-0.25, -0.2) is 5.06 Å². The Morgan fingerprint density at radius 3 is 2.00 bits per heavy atom. The fourth-order valence-electron chi connectivity index (χ4n) is 7.31. The molecule has 6 rings (SSSR count). The molecule has 0 aliphatic heterocycles. The standard InChI is InChI=1S/C48H53N3O7/c1-5-6-12-39(29-45(52)51(58-32-33-17-24-42(55-2)25-18-33)31-40-23-26-43(56-3)30-44(40)57-4)47(53)50-46(36-21-19-35(20-22-36)34-13-8-7-9-14-34)48(54)49-41-27-37-15-10-11-16-38(37)28-41/h7-11,13-26,30,39,41,46H,5-6,12,27-29,31-32H2,1-4H3,(H,49,54)(H,50,53)/t39-,46?/m1/s1. The van der Waals surface area contributed by atoms with E-state index in [-0.39, 0.29) is 43.3 Å². The average Bonchev–Trinajstić information content (AvgIpc) is 3.68. The molecule has 0 aromatic heterocycles. The van der Waals surface area contributed by atoms with E-state index in [2.05, 4.69) is 22.8 Å². The average molecular weight is 784 g/mol. The maximum Gasteiger partial charge on any atom is 0.247 e. The van der Waals surface area contributed by atoms with E-state index in [4.69, 9.17) is 19.0 Å². The highest BCUT2D eigenvalue weighted by molar-refractivity contribution is 5.91. The van der Waals surface area contributed by atoms with Gasteiger partial charge in [-0.2, -0.15) is 0 Å². The van der Waals surface area contributed by atoms with E-state index in [0.29, 0.717) is 54.1 Å². The molecule has 0 radical (unpaired) electrons. The van der Waals surface area contributed by atoms with Crippen molar-refractivity contribution < 1.29 is 33.4 Å². The van der Waals surface area contributed by atoms with Crippen molar-refractivity contribution in [1.29, 1.82) is 0 Å². The minimum atomic E-state index is -0.980. The molecule has 302 valence electrons. The molecular formula is C48H53N3O7. The fraction of sp³-hybridized carbons (Fsp3) is 0.312. The number of unbranched alkanes of at least 4 members (excludes halogenated alkanes) is 1. The molecule has 1 unspecified atom stereocenters. The van der Waals surface area contributed by atoms with Crippen LogP contribution in [0.15, 0.2) is 121 Å². The van der Waals surface area contributed by atoms with Crippen molar-refractivity contribution in [2.24, 2.45) is 5.92 Å². The number of benzene rings is 5. The molecule has 0 heterocycles. The second-order valence-corrected chi connectivity index (χ2v) is 14.6. The Balaban J connectivity index is 1.24. The van der Waals surface area contributed by atoms with Gasteiger partial charge in [0, 0.05) is 30.0 Å². The van der Waals surface area contributed by atoms with Crippen LogP contribution >= 0.6 is 0 Å². The van der Waals surface area contributed by atoms with Crippen molar-refractivity contribution >= 4 is 17.7 Å². The van der Waals surface area contributed by atoms with Gasteiger partial charge in [0.1, 0.15) is 29.9 Å². The zero-order valence-electron chi connectivity index (χ0n) is 33.7. The molecule has 1 aliphatic rings. The van der Waals surface area contributed by atoms with E-state index in [1.165, 1.54) is 16.2 Å². The molecule has 58 heavy (non-hydrogen) atoms. The van der Waals surface area contributed by atoms with Gasteiger partial charge in [0.05, 0.1) is 27.9 Å². The van der Waals surface area contributed by atoms with Gasteiger partial charge in [-0.1, -0.05) is 111 Å². The van der Waals surface area contributed by atoms with Crippen LogP contribution in [0.1, 0.15) is 66.5 Å². The Labute approximate surface area is 341 Å². The van der Waals surface area contributed by atoms with Gasteiger partial charge in [0.25, 0.3) is 0 Å². The summed E-state index contributed by atoms with van der Waals surface area (Å²) in [4.78, 5) is 49.2. The molecule has 0 saturated heterocycles. The molecular weight excluding hydrogens is 731 g/mol. The molecule has 10 nitrogen and oxygen atoms in total. The van der Waals surface area contributed by atoms with Crippen molar-refractivity contribution in [1.82, 2.24) is 15.7 Å². The first-order valence-electron chi connectivity index (χ1n) is 19.9. The first kappa shape index (κ1) is 41.5. The van der Waals surface area contributed by atoms with E-state index in [1.54, 1.807) is 33.5 Å². The molecule has 0 spiro atoms. The Hall–Kier alpha value is -6.13. The number of hydroxylamine groups is 2. The van der Waals surface area contributed by atoms with Crippen LogP contribution in [0.5, 0.6) is 17.2 Å². The minimum Gasteiger partial charge on any atom is -0.497 e.